The second-order valence-electron chi connectivity index (χ2n) is 7.31. The molecule has 2 fully saturated rings. The largest absolute Gasteiger partial charge is 0.312 e. The molecule has 0 heterocycles. The first-order chi connectivity index (χ1) is 8.08. The molecule has 2 unspecified atom stereocenters. The van der Waals surface area contributed by atoms with Crippen molar-refractivity contribution in [1.82, 2.24) is 5.32 Å². The van der Waals surface area contributed by atoms with Gasteiger partial charge in [-0.25, -0.2) is 8.42 Å². The van der Waals surface area contributed by atoms with Crippen molar-refractivity contribution in [3.8, 4) is 0 Å². The van der Waals surface area contributed by atoms with Gasteiger partial charge in [-0.1, -0.05) is 34.1 Å². The number of nitrogens with one attached hydrogen (secondary N) is 1. The Balaban J connectivity index is 1.92. The molecule has 0 radical (unpaired) electrons. The summed E-state index contributed by atoms with van der Waals surface area (Å²) >= 11 is 0. The van der Waals surface area contributed by atoms with Gasteiger partial charge in [-0.3, -0.25) is 0 Å². The lowest BCUT2D eigenvalue weighted by Gasteiger charge is -2.20. The van der Waals surface area contributed by atoms with Gasteiger partial charge in [0.05, 0.1) is 5.25 Å². The molecule has 2 saturated carbocycles. The van der Waals surface area contributed by atoms with Gasteiger partial charge in [0, 0.05) is 12.3 Å². The monoisotopic (exact) mass is 273 g/mol. The molecule has 0 aliphatic heterocycles. The zero-order valence-electron chi connectivity index (χ0n) is 12.3. The molecule has 106 valence electrons. The van der Waals surface area contributed by atoms with Crippen LogP contribution < -0.4 is 5.32 Å². The summed E-state index contributed by atoms with van der Waals surface area (Å²) in [7, 11) is -2.90. The Morgan fingerprint density at radius 2 is 1.67 bits per heavy atom. The third kappa shape index (κ3) is 2.22. The Morgan fingerprint density at radius 3 is 2.11 bits per heavy atom. The third-order valence-corrected chi connectivity index (χ3v) is 7.57. The molecule has 4 heteroatoms. The minimum Gasteiger partial charge on any atom is -0.312 e. The average molecular weight is 273 g/mol. The molecule has 3 nitrogen and oxygen atoms in total. The van der Waals surface area contributed by atoms with Crippen molar-refractivity contribution in [3.05, 3.63) is 0 Å². The zero-order valence-corrected chi connectivity index (χ0v) is 13.1. The number of hydrogen-bond acceptors (Lipinski definition) is 3. The van der Waals surface area contributed by atoms with Crippen molar-refractivity contribution in [2.24, 2.45) is 16.7 Å². The van der Waals surface area contributed by atoms with E-state index in [9.17, 15) is 8.42 Å². The average Bonchev–Trinajstić information content (AvgIpc) is 2.58. The molecule has 2 rings (SSSR count). The smallest absolute Gasteiger partial charge is 0.151 e. The minimum atomic E-state index is -2.90. The highest BCUT2D eigenvalue weighted by Gasteiger charge is 2.64. The lowest BCUT2D eigenvalue weighted by Crippen LogP contribution is -2.41. The Labute approximate surface area is 112 Å². The standard InChI is InChI=1S/C14H27NO2S/c1-13(2)12(14(13,3)4)9-15-10-7-6-8-11(10)18(5,16)17/h10-12,15H,6-9H2,1-5H3. The van der Waals surface area contributed by atoms with Crippen LogP contribution in [-0.2, 0) is 9.84 Å². The fourth-order valence-electron chi connectivity index (χ4n) is 3.78. The van der Waals surface area contributed by atoms with Crippen molar-refractivity contribution < 1.29 is 8.42 Å². The summed E-state index contributed by atoms with van der Waals surface area (Å²) in [6.45, 7) is 10.2. The van der Waals surface area contributed by atoms with E-state index in [1.807, 2.05) is 0 Å². The molecule has 0 aromatic carbocycles. The first-order valence-corrected chi connectivity index (χ1v) is 8.96. The first-order valence-electron chi connectivity index (χ1n) is 7.00. The summed E-state index contributed by atoms with van der Waals surface area (Å²) in [5.41, 5.74) is 0.748. The molecule has 18 heavy (non-hydrogen) atoms. The van der Waals surface area contributed by atoms with Gasteiger partial charge in [-0.2, -0.15) is 0 Å². The van der Waals surface area contributed by atoms with Crippen molar-refractivity contribution in [2.45, 2.75) is 58.2 Å². The summed E-state index contributed by atoms with van der Waals surface area (Å²) < 4.78 is 23.4. The van der Waals surface area contributed by atoms with Crippen LogP contribution in [0.1, 0.15) is 47.0 Å². The SMILES string of the molecule is CC1(C)C(CNC2CCCC2S(C)(=O)=O)C1(C)C. The van der Waals surface area contributed by atoms with Crippen LogP contribution in [0.2, 0.25) is 0 Å². The van der Waals surface area contributed by atoms with E-state index in [1.165, 1.54) is 6.26 Å². The van der Waals surface area contributed by atoms with Crippen molar-refractivity contribution in [3.63, 3.8) is 0 Å². The van der Waals surface area contributed by atoms with Gasteiger partial charge < -0.3 is 5.32 Å². The van der Waals surface area contributed by atoms with E-state index in [1.54, 1.807) is 0 Å². The molecule has 2 aliphatic carbocycles. The van der Waals surface area contributed by atoms with Gasteiger partial charge in [0.1, 0.15) is 0 Å². The quantitative estimate of drug-likeness (QED) is 0.854. The van der Waals surface area contributed by atoms with Crippen LogP contribution in [0, 0.1) is 16.7 Å². The fourth-order valence-corrected chi connectivity index (χ4v) is 5.21. The van der Waals surface area contributed by atoms with E-state index in [0.717, 1.165) is 25.8 Å². The second kappa shape index (κ2) is 4.20. The lowest BCUT2D eigenvalue weighted by atomic mass is 10.0. The highest BCUT2D eigenvalue weighted by molar-refractivity contribution is 7.91. The maximum Gasteiger partial charge on any atom is 0.151 e. The molecule has 0 aromatic rings. The predicted octanol–water partition coefficient (Wildman–Crippen LogP) is 2.22. The van der Waals surface area contributed by atoms with Crippen LogP contribution in [0.4, 0.5) is 0 Å². The summed E-state index contributed by atoms with van der Waals surface area (Å²) in [6.07, 6.45) is 4.24. The van der Waals surface area contributed by atoms with Gasteiger partial charge in [-0.05, 0) is 36.1 Å². The Bertz CT molecular complexity index is 411. The predicted molar refractivity (Wildman–Crippen MR) is 75.3 cm³/mol. The minimum absolute atomic E-state index is 0.164. The maximum atomic E-state index is 11.7. The lowest BCUT2D eigenvalue weighted by molar-refractivity contribution is 0.457. The second-order valence-corrected chi connectivity index (χ2v) is 9.57. The van der Waals surface area contributed by atoms with Crippen LogP contribution in [0.15, 0.2) is 0 Å². The Hall–Kier alpha value is -0.0900. The summed E-state index contributed by atoms with van der Waals surface area (Å²) in [5.74, 6) is 0.658. The molecular formula is C14H27NO2S. The first kappa shape index (κ1) is 14.3. The summed E-state index contributed by atoms with van der Waals surface area (Å²) in [5, 5.41) is 3.37. The van der Waals surface area contributed by atoms with Crippen LogP contribution in [0.3, 0.4) is 0 Å². The molecule has 0 amide bonds. The number of sulfone groups is 1. The molecule has 0 spiro atoms. The van der Waals surface area contributed by atoms with Gasteiger partial charge in [0.25, 0.3) is 0 Å². The molecule has 0 bridgehead atoms. The topological polar surface area (TPSA) is 46.2 Å². The molecular weight excluding hydrogens is 246 g/mol. The Morgan fingerprint density at radius 1 is 1.11 bits per heavy atom. The third-order valence-electron chi connectivity index (χ3n) is 5.91. The summed E-state index contributed by atoms with van der Waals surface area (Å²) in [6, 6.07) is 0.173. The molecule has 2 aliphatic rings. The molecule has 1 N–H and O–H groups in total. The van der Waals surface area contributed by atoms with Crippen LogP contribution >= 0.6 is 0 Å². The van der Waals surface area contributed by atoms with Gasteiger partial charge in [0.2, 0.25) is 0 Å². The van der Waals surface area contributed by atoms with E-state index in [-0.39, 0.29) is 11.3 Å². The van der Waals surface area contributed by atoms with Crippen LogP contribution in [-0.4, -0.2) is 32.5 Å². The van der Waals surface area contributed by atoms with Crippen LogP contribution in [0.25, 0.3) is 0 Å². The Kier molecular flexibility index (Phi) is 3.34. The van der Waals surface area contributed by atoms with Gasteiger partial charge >= 0.3 is 0 Å². The van der Waals surface area contributed by atoms with E-state index < -0.39 is 9.84 Å². The normalized spacial score (nSPS) is 34.7. The highest BCUT2D eigenvalue weighted by atomic mass is 32.2. The zero-order chi connectivity index (χ0) is 13.8. The number of rotatable bonds is 4. The highest BCUT2D eigenvalue weighted by Crippen LogP contribution is 2.68. The van der Waals surface area contributed by atoms with Gasteiger partial charge in [0.15, 0.2) is 9.84 Å². The van der Waals surface area contributed by atoms with Crippen molar-refractivity contribution in [1.29, 1.82) is 0 Å². The summed E-state index contributed by atoms with van der Waals surface area (Å²) in [4.78, 5) is 0. The van der Waals surface area contributed by atoms with E-state index in [4.69, 9.17) is 0 Å². The molecule has 0 saturated heterocycles. The van der Waals surface area contributed by atoms with Gasteiger partial charge in [-0.15, -0.1) is 0 Å². The maximum absolute atomic E-state index is 11.7. The van der Waals surface area contributed by atoms with E-state index in [0.29, 0.717) is 16.7 Å². The van der Waals surface area contributed by atoms with E-state index in [2.05, 4.69) is 33.0 Å². The molecule has 2 atom stereocenters. The number of hydrogen-bond donors (Lipinski definition) is 1. The van der Waals surface area contributed by atoms with E-state index >= 15 is 0 Å². The van der Waals surface area contributed by atoms with Crippen molar-refractivity contribution >= 4 is 9.84 Å². The van der Waals surface area contributed by atoms with Crippen molar-refractivity contribution in [2.75, 3.05) is 12.8 Å². The fraction of sp³-hybridized carbons (Fsp3) is 1.00. The van der Waals surface area contributed by atoms with Crippen LogP contribution in [0.5, 0.6) is 0 Å². The molecule has 0 aromatic heterocycles.